The lowest BCUT2D eigenvalue weighted by Gasteiger charge is -2.38. The first-order chi connectivity index (χ1) is 18.4. The molecule has 1 fully saturated rings. The first-order valence-electron chi connectivity index (χ1n) is 12.8. The number of anilines is 1. The minimum Gasteiger partial charge on any atom is -0.492 e. The van der Waals surface area contributed by atoms with Gasteiger partial charge in [-0.1, -0.05) is 66.4 Å². The first-order valence-corrected chi connectivity index (χ1v) is 14.2. The van der Waals surface area contributed by atoms with Gasteiger partial charge in [0.05, 0.1) is 30.5 Å². The van der Waals surface area contributed by atoms with Crippen LogP contribution in [0.15, 0.2) is 65.9 Å². The van der Waals surface area contributed by atoms with Crippen LogP contribution in [0.25, 0.3) is 0 Å². The molecule has 0 aliphatic carbocycles. The van der Waals surface area contributed by atoms with E-state index in [2.05, 4.69) is 21.2 Å². The Kier molecular flexibility index (Phi) is 9.52. The van der Waals surface area contributed by atoms with E-state index in [0.29, 0.717) is 23.6 Å². The summed E-state index contributed by atoms with van der Waals surface area (Å²) in [5, 5.41) is 2.95. The molecule has 8 nitrogen and oxygen atoms in total. The van der Waals surface area contributed by atoms with Gasteiger partial charge in [-0.15, -0.1) is 0 Å². The zero-order valence-corrected chi connectivity index (χ0v) is 23.6. The molecule has 2 aliphatic heterocycles. The van der Waals surface area contributed by atoms with Gasteiger partial charge in [0.25, 0.3) is 0 Å². The molecule has 2 aromatic carbocycles. The molecule has 1 N–H and O–H groups in total. The second-order valence-electron chi connectivity index (χ2n) is 8.86. The van der Waals surface area contributed by atoms with Crippen molar-refractivity contribution in [2.45, 2.75) is 19.9 Å². The minimum absolute atomic E-state index is 0.247. The second kappa shape index (κ2) is 13.0. The Labute approximate surface area is 233 Å². The Hall–Kier alpha value is -3.24. The molecule has 0 bridgehead atoms. The summed E-state index contributed by atoms with van der Waals surface area (Å²) in [5.74, 6) is 0.842. The molecule has 4 rings (SSSR count). The van der Waals surface area contributed by atoms with E-state index < -0.39 is 12.0 Å². The SMILES string of the molecule is CCOC(=O)C1=C(CSC(=S)N2CCN(c3ccccc3OCC)CC2)N(C)C(=O)NC1c1ccccc1. The smallest absolute Gasteiger partial charge is 0.338 e. The quantitative estimate of drug-likeness (QED) is 0.379. The van der Waals surface area contributed by atoms with Crippen molar-refractivity contribution >= 4 is 46.0 Å². The fourth-order valence-corrected chi connectivity index (χ4v) is 5.96. The van der Waals surface area contributed by atoms with Crippen LogP contribution in [0.3, 0.4) is 0 Å². The third-order valence-electron chi connectivity index (χ3n) is 6.58. The van der Waals surface area contributed by atoms with Gasteiger partial charge in [-0.2, -0.15) is 0 Å². The highest BCUT2D eigenvalue weighted by molar-refractivity contribution is 8.23. The number of thiocarbonyl (C=S) groups is 1. The molecule has 0 saturated carbocycles. The summed E-state index contributed by atoms with van der Waals surface area (Å²) >= 11 is 7.27. The average molecular weight is 555 g/mol. The maximum Gasteiger partial charge on any atom is 0.338 e. The molecule has 2 aliphatic rings. The van der Waals surface area contributed by atoms with Gasteiger partial charge in [-0.3, -0.25) is 4.90 Å². The van der Waals surface area contributed by atoms with Gasteiger partial charge in [0, 0.05) is 44.7 Å². The normalized spacial score (nSPS) is 17.8. The van der Waals surface area contributed by atoms with Crippen LogP contribution in [-0.4, -0.2) is 78.3 Å². The van der Waals surface area contributed by atoms with E-state index in [1.807, 2.05) is 55.5 Å². The lowest BCUT2D eigenvalue weighted by molar-refractivity contribution is -0.139. The summed E-state index contributed by atoms with van der Waals surface area (Å²) in [6, 6.07) is 16.7. The molecule has 1 saturated heterocycles. The summed E-state index contributed by atoms with van der Waals surface area (Å²) in [5.41, 5.74) is 2.97. The van der Waals surface area contributed by atoms with Crippen molar-refractivity contribution in [1.29, 1.82) is 0 Å². The van der Waals surface area contributed by atoms with Gasteiger partial charge in [0.2, 0.25) is 0 Å². The number of hydrogen-bond donors (Lipinski definition) is 1. The third kappa shape index (κ3) is 6.24. The van der Waals surface area contributed by atoms with E-state index in [0.717, 1.165) is 47.5 Å². The van der Waals surface area contributed by atoms with Crippen LogP contribution >= 0.6 is 24.0 Å². The maximum absolute atomic E-state index is 13.1. The highest BCUT2D eigenvalue weighted by Crippen LogP contribution is 2.33. The summed E-state index contributed by atoms with van der Waals surface area (Å²) in [6.07, 6.45) is 0. The number of piperazine rings is 1. The lowest BCUT2D eigenvalue weighted by atomic mass is 9.95. The van der Waals surface area contributed by atoms with E-state index in [1.165, 1.54) is 16.7 Å². The predicted molar refractivity (Wildman–Crippen MR) is 156 cm³/mol. The number of hydrogen-bond acceptors (Lipinski definition) is 7. The van der Waals surface area contributed by atoms with Crippen LogP contribution in [0.1, 0.15) is 25.5 Å². The molecule has 0 aromatic heterocycles. The van der Waals surface area contributed by atoms with Gasteiger partial charge in [-0.25, -0.2) is 9.59 Å². The number of nitrogens with zero attached hydrogens (tertiary/aromatic N) is 3. The molecule has 1 unspecified atom stereocenters. The standard InChI is InChI=1S/C28H34N4O4S2/c1-4-35-23-14-10-9-13-21(23)31-15-17-32(18-16-31)28(37)38-19-22-24(26(33)36-5-2)25(29-27(34)30(22)3)20-11-7-6-8-12-20/h6-14,25H,4-5,15-19H2,1-3H3,(H,29,34). The van der Waals surface area contributed by atoms with E-state index >= 15 is 0 Å². The maximum atomic E-state index is 13.1. The topological polar surface area (TPSA) is 74.4 Å². The van der Waals surface area contributed by atoms with E-state index in [4.69, 9.17) is 21.7 Å². The number of benzene rings is 2. The largest absolute Gasteiger partial charge is 0.492 e. The number of carbonyl (C=O) groups excluding carboxylic acids is 2. The van der Waals surface area contributed by atoms with Crippen molar-refractivity contribution in [3.05, 3.63) is 71.4 Å². The van der Waals surface area contributed by atoms with Crippen molar-refractivity contribution in [2.24, 2.45) is 0 Å². The van der Waals surface area contributed by atoms with Crippen LogP contribution in [0, 0.1) is 0 Å². The Morgan fingerprint density at radius 3 is 2.39 bits per heavy atom. The number of thioether (sulfide) groups is 1. The monoisotopic (exact) mass is 554 g/mol. The number of amides is 2. The van der Waals surface area contributed by atoms with Crippen LogP contribution in [0.5, 0.6) is 5.75 Å². The molecule has 0 spiro atoms. The molecule has 2 heterocycles. The fourth-order valence-electron chi connectivity index (χ4n) is 4.62. The van der Waals surface area contributed by atoms with Crippen molar-refractivity contribution < 1.29 is 19.1 Å². The number of urea groups is 1. The molecule has 2 amide bonds. The first kappa shape index (κ1) is 27.8. The van der Waals surface area contributed by atoms with Crippen molar-refractivity contribution in [2.75, 3.05) is 57.1 Å². The summed E-state index contributed by atoms with van der Waals surface area (Å²) in [4.78, 5) is 32.0. The van der Waals surface area contributed by atoms with Gasteiger partial charge in [-0.05, 0) is 31.5 Å². The Bertz CT molecular complexity index is 1180. The Balaban J connectivity index is 1.47. The van der Waals surface area contributed by atoms with Gasteiger partial charge in [0.1, 0.15) is 10.1 Å². The van der Waals surface area contributed by atoms with Crippen molar-refractivity contribution in [3.8, 4) is 5.75 Å². The second-order valence-corrected chi connectivity index (χ2v) is 10.5. The molecule has 1 atom stereocenters. The molecule has 10 heteroatoms. The van der Waals surface area contributed by atoms with E-state index in [1.54, 1.807) is 14.0 Å². The van der Waals surface area contributed by atoms with Crippen molar-refractivity contribution in [1.82, 2.24) is 15.1 Å². The predicted octanol–water partition coefficient (Wildman–Crippen LogP) is 4.44. The van der Waals surface area contributed by atoms with Crippen LogP contribution < -0.4 is 15.0 Å². The zero-order chi connectivity index (χ0) is 27.1. The molecular formula is C28H34N4O4S2. The highest BCUT2D eigenvalue weighted by Gasteiger charge is 2.37. The van der Waals surface area contributed by atoms with E-state index in [9.17, 15) is 9.59 Å². The van der Waals surface area contributed by atoms with Gasteiger partial charge < -0.3 is 24.6 Å². The number of ether oxygens (including phenoxy) is 2. The lowest BCUT2D eigenvalue weighted by Crippen LogP contribution is -2.48. The number of esters is 1. The molecule has 202 valence electrons. The highest BCUT2D eigenvalue weighted by atomic mass is 32.2. The Morgan fingerprint density at radius 1 is 1.03 bits per heavy atom. The van der Waals surface area contributed by atoms with Crippen LogP contribution in [0.4, 0.5) is 10.5 Å². The average Bonchev–Trinajstić information content (AvgIpc) is 2.94. The molecule has 38 heavy (non-hydrogen) atoms. The summed E-state index contributed by atoms with van der Waals surface area (Å²) < 4.78 is 12.0. The van der Waals surface area contributed by atoms with E-state index in [-0.39, 0.29) is 12.6 Å². The van der Waals surface area contributed by atoms with Crippen molar-refractivity contribution in [3.63, 3.8) is 0 Å². The van der Waals surface area contributed by atoms with Gasteiger partial charge in [0.15, 0.2) is 0 Å². The Morgan fingerprint density at radius 2 is 1.71 bits per heavy atom. The summed E-state index contributed by atoms with van der Waals surface area (Å²) in [7, 11) is 1.67. The van der Waals surface area contributed by atoms with Gasteiger partial charge >= 0.3 is 12.0 Å². The molecule has 2 aromatic rings. The zero-order valence-electron chi connectivity index (χ0n) is 22.0. The third-order valence-corrected chi connectivity index (χ3v) is 8.12. The summed E-state index contributed by atoms with van der Waals surface area (Å²) in [6.45, 7) is 7.83. The minimum atomic E-state index is -0.586. The molecular weight excluding hydrogens is 520 g/mol. The van der Waals surface area contributed by atoms with Crippen LogP contribution in [-0.2, 0) is 9.53 Å². The van der Waals surface area contributed by atoms with Crippen LogP contribution in [0.2, 0.25) is 0 Å². The number of carbonyl (C=O) groups is 2. The number of rotatable bonds is 8. The number of nitrogens with one attached hydrogen (secondary N) is 1. The fraction of sp³-hybridized carbons (Fsp3) is 0.393. The molecule has 0 radical (unpaired) electrons. The number of para-hydroxylation sites is 2.